The number of aliphatic carboxylic acids is 1. The number of halogens is 2. The molecule has 3 atom stereocenters. The second-order valence-corrected chi connectivity index (χ2v) is 4.52. The number of rotatable bonds is 2. The number of carbonyl (C=O) groups is 1. The van der Waals surface area contributed by atoms with Crippen molar-refractivity contribution in [2.75, 3.05) is 0 Å². The second kappa shape index (κ2) is 4.82. The lowest BCUT2D eigenvalue weighted by molar-refractivity contribution is -0.144. The van der Waals surface area contributed by atoms with E-state index in [1.807, 2.05) is 0 Å². The minimum atomic E-state index is -1.05. The Morgan fingerprint density at radius 3 is 2.76 bits per heavy atom. The fourth-order valence-electron chi connectivity index (χ4n) is 2.53. The summed E-state index contributed by atoms with van der Waals surface area (Å²) < 4.78 is 26.3. The first kappa shape index (κ1) is 12.0. The van der Waals surface area contributed by atoms with Gasteiger partial charge in [0.2, 0.25) is 0 Å². The predicted molar refractivity (Wildman–Crippen MR) is 59.0 cm³/mol. The Labute approximate surface area is 98.3 Å². The highest BCUT2D eigenvalue weighted by Crippen LogP contribution is 2.39. The molecule has 4 heteroatoms. The highest BCUT2D eigenvalue weighted by atomic mass is 19.1. The molecular weight excluding hydrogens is 226 g/mol. The van der Waals surface area contributed by atoms with Gasteiger partial charge in [0, 0.05) is 0 Å². The van der Waals surface area contributed by atoms with Crippen LogP contribution in [0.3, 0.4) is 0 Å². The molecular formula is C13H14F2O2. The highest BCUT2D eigenvalue weighted by molar-refractivity contribution is 5.71. The van der Waals surface area contributed by atoms with Gasteiger partial charge in [-0.15, -0.1) is 0 Å². The molecule has 1 fully saturated rings. The van der Waals surface area contributed by atoms with Crippen LogP contribution in [-0.2, 0) is 4.79 Å². The molecule has 1 N–H and O–H groups in total. The molecule has 0 heterocycles. The third-order valence-electron chi connectivity index (χ3n) is 3.38. The number of alkyl halides is 1. The van der Waals surface area contributed by atoms with Crippen molar-refractivity contribution in [2.24, 2.45) is 5.92 Å². The molecule has 0 aromatic heterocycles. The summed E-state index contributed by atoms with van der Waals surface area (Å²) in [4.78, 5) is 11.1. The molecule has 0 aliphatic heterocycles. The van der Waals surface area contributed by atoms with Gasteiger partial charge in [-0.3, -0.25) is 4.79 Å². The summed E-state index contributed by atoms with van der Waals surface area (Å²) in [6.07, 6.45) is -0.218. The summed E-state index contributed by atoms with van der Waals surface area (Å²) in [5.74, 6) is -2.41. The number of carboxylic acids is 1. The van der Waals surface area contributed by atoms with E-state index in [-0.39, 0.29) is 18.2 Å². The fourth-order valence-corrected chi connectivity index (χ4v) is 2.53. The molecule has 0 spiro atoms. The number of carboxylic acid groups (broad SMARTS) is 1. The maximum absolute atomic E-state index is 13.2. The Hall–Kier alpha value is -1.45. The normalized spacial score (nSPS) is 28.9. The van der Waals surface area contributed by atoms with Gasteiger partial charge in [0.1, 0.15) is 12.0 Å². The predicted octanol–water partition coefficient (Wildman–Crippen LogP) is 3.13. The molecule has 0 saturated heterocycles. The lowest BCUT2D eigenvalue weighted by Crippen LogP contribution is -2.30. The first-order valence-electron chi connectivity index (χ1n) is 5.70. The van der Waals surface area contributed by atoms with Gasteiger partial charge in [-0.2, -0.15) is 0 Å². The first-order valence-corrected chi connectivity index (χ1v) is 5.70. The maximum atomic E-state index is 13.2. The Morgan fingerprint density at radius 1 is 1.35 bits per heavy atom. The zero-order valence-corrected chi connectivity index (χ0v) is 9.27. The minimum absolute atomic E-state index is 0.0243. The van der Waals surface area contributed by atoms with E-state index < -0.39 is 18.1 Å². The van der Waals surface area contributed by atoms with Gasteiger partial charge < -0.3 is 5.11 Å². The van der Waals surface area contributed by atoms with Crippen LogP contribution in [0.4, 0.5) is 8.78 Å². The zero-order valence-electron chi connectivity index (χ0n) is 9.27. The number of hydrogen-bond donors (Lipinski definition) is 1. The summed E-state index contributed by atoms with van der Waals surface area (Å²) in [5, 5.41) is 9.10. The molecule has 0 bridgehead atoms. The van der Waals surface area contributed by atoms with Crippen molar-refractivity contribution >= 4 is 5.97 Å². The van der Waals surface area contributed by atoms with Crippen LogP contribution in [0.15, 0.2) is 24.3 Å². The third-order valence-corrected chi connectivity index (χ3v) is 3.38. The average molecular weight is 240 g/mol. The first-order chi connectivity index (χ1) is 8.08. The molecule has 2 nitrogen and oxygen atoms in total. The van der Waals surface area contributed by atoms with Crippen molar-refractivity contribution < 1.29 is 18.7 Å². The molecule has 1 aromatic carbocycles. The maximum Gasteiger partial charge on any atom is 0.307 e. The van der Waals surface area contributed by atoms with Crippen LogP contribution in [0.5, 0.6) is 0 Å². The summed E-state index contributed by atoms with van der Waals surface area (Å²) >= 11 is 0. The van der Waals surface area contributed by atoms with Gasteiger partial charge in [-0.25, -0.2) is 8.78 Å². The Bertz CT molecular complexity index is 420. The summed E-state index contributed by atoms with van der Waals surface area (Å²) in [6.45, 7) is 0. The Morgan fingerprint density at radius 2 is 2.12 bits per heavy atom. The quantitative estimate of drug-likeness (QED) is 0.862. The standard InChI is InChI=1S/C13H14F2O2/c14-9-3-1-2-8(6-9)11-5-4-10(15)7-12(11)13(16)17/h1-3,6,10-12H,4-5,7H2,(H,16,17). The van der Waals surface area contributed by atoms with Gasteiger partial charge >= 0.3 is 5.97 Å². The van der Waals surface area contributed by atoms with E-state index in [9.17, 15) is 13.6 Å². The van der Waals surface area contributed by atoms with Gasteiger partial charge in [0.05, 0.1) is 5.92 Å². The fraction of sp³-hybridized carbons (Fsp3) is 0.462. The van der Waals surface area contributed by atoms with Gasteiger partial charge in [-0.1, -0.05) is 12.1 Å². The van der Waals surface area contributed by atoms with E-state index in [4.69, 9.17) is 5.11 Å². The van der Waals surface area contributed by atoms with Crippen molar-refractivity contribution in [2.45, 2.75) is 31.4 Å². The number of hydrogen-bond acceptors (Lipinski definition) is 1. The molecule has 1 saturated carbocycles. The molecule has 0 amide bonds. The van der Waals surface area contributed by atoms with Crippen LogP contribution < -0.4 is 0 Å². The van der Waals surface area contributed by atoms with Crippen molar-refractivity contribution in [3.63, 3.8) is 0 Å². The monoisotopic (exact) mass is 240 g/mol. The minimum Gasteiger partial charge on any atom is -0.481 e. The van der Waals surface area contributed by atoms with Crippen LogP contribution in [0, 0.1) is 11.7 Å². The van der Waals surface area contributed by atoms with Crippen molar-refractivity contribution in [1.29, 1.82) is 0 Å². The van der Waals surface area contributed by atoms with E-state index in [1.54, 1.807) is 12.1 Å². The van der Waals surface area contributed by atoms with Gasteiger partial charge in [0.25, 0.3) is 0 Å². The molecule has 1 aliphatic rings. The van der Waals surface area contributed by atoms with E-state index in [1.165, 1.54) is 12.1 Å². The highest BCUT2D eigenvalue weighted by Gasteiger charge is 2.36. The molecule has 1 aromatic rings. The average Bonchev–Trinajstić information content (AvgIpc) is 2.28. The third kappa shape index (κ3) is 2.62. The Kier molecular flexibility index (Phi) is 3.41. The molecule has 92 valence electrons. The van der Waals surface area contributed by atoms with Crippen molar-refractivity contribution in [3.05, 3.63) is 35.6 Å². The molecule has 0 radical (unpaired) electrons. The number of benzene rings is 1. The smallest absolute Gasteiger partial charge is 0.307 e. The summed E-state index contributed by atoms with van der Waals surface area (Å²) in [5.41, 5.74) is 0.657. The largest absolute Gasteiger partial charge is 0.481 e. The lowest BCUT2D eigenvalue weighted by Gasteiger charge is -2.30. The van der Waals surface area contributed by atoms with Crippen LogP contribution >= 0.6 is 0 Å². The molecule has 17 heavy (non-hydrogen) atoms. The Balaban J connectivity index is 2.26. The molecule has 1 aliphatic carbocycles. The second-order valence-electron chi connectivity index (χ2n) is 4.52. The van der Waals surface area contributed by atoms with Crippen LogP contribution in [0.2, 0.25) is 0 Å². The van der Waals surface area contributed by atoms with E-state index in [0.29, 0.717) is 18.4 Å². The van der Waals surface area contributed by atoms with E-state index in [2.05, 4.69) is 0 Å². The SMILES string of the molecule is O=C(O)C1CC(F)CCC1c1cccc(F)c1. The van der Waals surface area contributed by atoms with E-state index >= 15 is 0 Å². The molecule has 2 rings (SSSR count). The van der Waals surface area contributed by atoms with Crippen molar-refractivity contribution in [3.8, 4) is 0 Å². The topological polar surface area (TPSA) is 37.3 Å². The van der Waals surface area contributed by atoms with E-state index in [0.717, 1.165) is 0 Å². The summed E-state index contributed by atoms with van der Waals surface area (Å²) in [7, 11) is 0. The lowest BCUT2D eigenvalue weighted by atomic mass is 9.75. The van der Waals surface area contributed by atoms with Gasteiger partial charge in [0.15, 0.2) is 0 Å². The van der Waals surface area contributed by atoms with Gasteiger partial charge in [-0.05, 0) is 42.9 Å². The van der Waals surface area contributed by atoms with Crippen LogP contribution in [-0.4, -0.2) is 17.2 Å². The van der Waals surface area contributed by atoms with Crippen LogP contribution in [0.25, 0.3) is 0 Å². The van der Waals surface area contributed by atoms with Crippen molar-refractivity contribution in [1.82, 2.24) is 0 Å². The van der Waals surface area contributed by atoms with Crippen LogP contribution in [0.1, 0.15) is 30.7 Å². The summed E-state index contributed by atoms with van der Waals surface area (Å²) in [6, 6.07) is 5.94. The zero-order chi connectivity index (χ0) is 12.4. The molecule has 3 unspecified atom stereocenters.